The van der Waals surface area contributed by atoms with Crippen LogP contribution in [0.1, 0.15) is 24.2 Å². The normalized spacial score (nSPS) is 9.69. The first-order chi connectivity index (χ1) is 7.59. The maximum Gasteiger partial charge on any atom is 0.336 e. The minimum absolute atomic E-state index is 0.178. The smallest absolute Gasteiger partial charge is 0.336 e. The maximum atomic E-state index is 10.9. The van der Waals surface area contributed by atoms with E-state index in [0.29, 0.717) is 15.7 Å². The molecule has 0 unspecified atom stereocenters. The lowest BCUT2D eigenvalue weighted by molar-refractivity contribution is 0.0699. The number of aromatic carboxylic acids is 1. The molecule has 0 amide bonds. The predicted octanol–water partition coefficient (Wildman–Crippen LogP) is 2.36. The Hall–Kier alpha value is -1.69. The molecule has 5 nitrogen and oxygen atoms in total. The second kappa shape index (κ2) is 4.89. The van der Waals surface area contributed by atoms with Gasteiger partial charge in [0.1, 0.15) is 10.3 Å². The molecule has 0 bridgehead atoms. The first-order valence-electron chi connectivity index (χ1n) is 4.88. The van der Waals surface area contributed by atoms with Gasteiger partial charge in [0.05, 0.1) is 17.1 Å². The zero-order valence-corrected chi connectivity index (χ0v) is 10.1. The van der Waals surface area contributed by atoms with E-state index in [-0.39, 0.29) is 5.56 Å². The van der Waals surface area contributed by atoms with Crippen molar-refractivity contribution in [1.29, 1.82) is 0 Å². The number of nitrogens with one attached hydrogen (secondary N) is 1. The molecule has 2 heterocycles. The summed E-state index contributed by atoms with van der Waals surface area (Å²) in [6.07, 6.45) is 1.50. The summed E-state index contributed by atoms with van der Waals surface area (Å²) in [7, 11) is 1.72. The van der Waals surface area contributed by atoms with Crippen molar-refractivity contribution in [2.24, 2.45) is 7.05 Å². The van der Waals surface area contributed by atoms with Gasteiger partial charge in [-0.3, -0.25) is 4.68 Å². The van der Waals surface area contributed by atoms with Crippen molar-refractivity contribution in [2.45, 2.75) is 13.8 Å². The van der Waals surface area contributed by atoms with Crippen LogP contribution >= 0.6 is 12.2 Å². The lowest BCUT2D eigenvalue weighted by atomic mass is 10.2. The maximum absolute atomic E-state index is 10.9. The van der Waals surface area contributed by atoms with Crippen molar-refractivity contribution >= 4 is 29.2 Å². The molecule has 0 radical (unpaired) electrons. The highest BCUT2D eigenvalue weighted by atomic mass is 32.1. The number of fused-ring (bicyclic) bond motifs is 1. The van der Waals surface area contributed by atoms with Crippen LogP contribution in [0.5, 0.6) is 0 Å². The molecule has 0 saturated carbocycles. The van der Waals surface area contributed by atoms with E-state index in [1.165, 1.54) is 12.3 Å². The molecule has 86 valence electrons. The Labute approximate surface area is 97.7 Å². The quantitative estimate of drug-likeness (QED) is 0.749. The summed E-state index contributed by atoms with van der Waals surface area (Å²) < 4.78 is 1.94. The topological polar surface area (TPSA) is 70.9 Å². The van der Waals surface area contributed by atoms with Crippen molar-refractivity contribution in [2.75, 3.05) is 0 Å². The number of aryl methyl sites for hydroxylation is 1. The monoisotopic (exact) mass is 239 g/mol. The molecule has 2 rings (SSSR count). The number of hydrogen-bond acceptors (Lipinski definition) is 3. The van der Waals surface area contributed by atoms with Gasteiger partial charge in [-0.05, 0) is 6.07 Å². The molecular weight excluding hydrogens is 226 g/mol. The summed E-state index contributed by atoms with van der Waals surface area (Å²) in [5, 5.41) is 13.4. The van der Waals surface area contributed by atoms with E-state index < -0.39 is 5.97 Å². The van der Waals surface area contributed by atoms with Crippen molar-refractivity contribution in [3.8, 4) is 0 Å². The van der Waals surface area contributed by atoms with E-state index >= 15 is 0 Å². The van der Waals surface area contributed by atoms with Gasteiger partial charge >= 0.3 is 5.97 Å². The van der Waals surface area contributed by atoms with Gasteiger partial charge in [-0.15, -0.1) is 0 Å². The summed E-state index contributed by atoms with van der Waals surface area (Å²) >= 11 is 4.91. The third-order valence-electron chi connectivity index (χ3n) is 1.98. The van der Waals surface area contributed by atoms with Crippen molar-refractivity contribution in [3.05, 3.63) is 22.5 Å². The summed E-state index contributed by atoms with van der Waals surface area (Å²) in [4.78, 5) is 13.8. The first kappa shape index (κ1) is 12.4. The van der Waals surface area contributed by atoms with E-state index in [2.05, 4.69) is 10.1 Å². The fraction of sp³-hybridized carbons (Fsp3) is 0.300. The van der Waals surface area contributed by atoms with Gasteiger partial charge in [0.2, 0.25) is 0 Å². The molecular formula is C10H13N3O2S. The van der Waals surface area contributed by atoms with Gasteiger partial charge in [0.25, 0.3) is 0 Å². The fourth-order valence-electron chi connectivity index (χ4n) is 1.32. The van der Waals surface area contributed by atoms with Gasteiger partial charge in [-0.25, -0.2) is 4.79 Å². The Balaban J connectivity index is 0.000000606. The van der Waals surface area contributed by atoms with E-state index in [9.17, 15) is 4.79 Å². The molecule has 0 aromatic carbocycles. The molecule has 6 heteroatoms. The van der Waals surface area contributed by atoms with Crippen LogP contribution in [0.25, 0.3) is 11.0 Å². The molecule has 0 aliphatic rings. The number of aromatic amines is 1. The molecule has 0 spiro atoms. The Bertz CT molecular complexity index is 571. The van der Waals surface area contributed by atoms with Gasteiger partial charge in [0, 0.05) is 7.05 Å². The van der Waals surface area contributed by atoms with Gasteiger partial charge < -0.3 is 10.1 Å². The largest absolute Gasteiger partial charge is 0.478 e. The predicted molar refractivity (Wildman–Crippen MR) is 64.2 cm³/mol. The molecule has 2 aromatic rings. The number of carbonyl (C=O) groups is 1. The summed E-state index contributed by atoms with van der Waals surface area (Å²) in [6.45, 7) is 4.00. The highest BCUT2D eigenvalue weighted by Crippen LogP contribution is 2.15. The summed E-state index contributed by atoms with van der Waals surface area (Å²) in [5.41, 5.74) is 0.798. The van der Waals surface area contributed by atoms with Crippen LogP contribution < -0.4 is 0 Å². The number of carboxylic acid groups (broad SMARTS) is 1. The number of nitrogens with zero attached hydrogens (tertiary/aromatic N) is 2. The zero-order valence-electron chi connectivity index (χ0n) is 9.31. The third kappa shape index (κ3) is 2.11. The molecule has 0 aliphatic heterocycles. The van der Waals surface area contributed by atoms with E-state index in [4.69, 9.17) is 17.3 Å². The highest BCUT2D eigenvalue weighted by molar-refractivity contribution is 7.71. The van der Waals surface area contributed by atoms with Crippen LogP contribution in [-0.2, 0) is 7.05 Å². The number of rotatable bonds is 1. The average Bonchev–Trinajstić information content (AvgIpc) is 2.62. The number of aromatic nitrogens is 3. The van der Waals surface area contributed by atoms with Gasteiger partial charge in [0.15, 0.2) is 0 Å². The second-order valence-corrected chi connectivity index (χ2v) is 3.32. The lowest BCUT2D eigenvalue weighted by Gasteiger charge is -1.98. The van der Waals surface area contributed by atoms with Crippen LogP contribution in [0.15, 0.2) is 12.3 Å². The Morgan fingerprint density at radius 1 is 1.56 bits per heavy atom. The van der Waals surface area contributed by atoms with Crippen LogP contribution in [0, 0.1) is 4.64 Å². The number of carboxylic acids is 1. The molecule has 16 heavy (non-hydrogen) atoms. The Morgan fingerprint density at radius 3 is 2.75 bits per heavy atom. The Kier molecular flexibility index (Phi) is 3.78. The van der Waals surface area contributed by atoms with Crippen LogP contribution in [0.3, 0.4) is 0 Å². The molecule has 0 fully saturated rings. The number of hydrogen-bond donors (Lipinski definition) is 2. The average molecular weight is 239 g/mol. The Morgan fingerprint density at radius 2 is 2.19 bits per heavy atom. The van der Waals surface area contributed by atoms with Crippen LogP contribution in [0.2, 0.25) is 0 Å². The summed E-state index contributed by atoms with van der Waals surface area (Å²) in [5.74, 6) is -0.997. The molecule has 0 aliphatic carbocycles. The van der Waals surface area contributed by atoms with Crippen LogP contribution in [-0.4, -0.2) is 25.8 Å². The lowest BCUT2D eigenvalue weighted by Crippen LogP contribution is -1.99. The molecule has 0 atom stereocenters. The molecule has 0 saturated heterocycles. The minimum atomic E-state index is -0.997. The summed E-state index contributed by atoms with van der Waals surface area (Å²) in [6, 6.07) is 1.42. The first-order valence-corrected chi connectivity index (χ1v) is 5.29. The van der Waals surface area contributed by atoms with E-state index in [0.717, 1.165) is 0 Å². The van der Waals surface area contributed by atoms with Crippen LogP contribution in [0.4, 0.5) is 0 Å². The van der Waals surface area contributed by atoms with Crippen molar-refractivity contribution in [3.63, 3.8) is 0 Å². The van der Waals surface area contributed by atoms with Gasteiger partial charge in [-0.1, -0.05) is 26.1 Å². The molecule has 2 N–H and O–H groups in total. The van der Waals surface area contributed by atoms with E-state index in [1.807, 2.05) is 13.8 Å². The van der Waals surface area contributed by atoms with Crippen molar-refractivity contribution in [1.82, 2.24) is 14.8 Å². The standard InChI is InChI=1S/C8H7N3O2S.C2H6/c1-11-7-5(3-9-11)4(8(12)13)2-6(14)10-7;1-2/h2-3H,1H3,(H,10,14)(H,12,13);1-2H3. The van der Waals surface area contributed by atoms with Crippen molar-refractivity contribution < 1.29 is 9.90 Å². The molecule has 2 aromatic heterocycles. The second-order valence-electron chi connectivity index (χ2n) is 2.88. The highest BCUT2D eigenvalue weighted by Gasteiger charge is 2.11. The SMILES string of the molecule is CC.Cn1ncc2c(C(=O)O)cc(=S)[nH]c21. The third-order valence-corrected chi connectivity index (χ3v) is 2.20. The van der Waals surface area contributed by atoms with E-state index in [1.54, 1.807) is 11.7 Å². The number of pyridine rings is 1. The van der Waals surface area contributed by atoms with Gasteiger partial charge in [-0.2, -0.15) is 5.10 Å². The zero-order chi connectivity index (χ0) is 12.3. The fourth-order valence-corrected chi connectivity index (χ4v) is 1.54. The number of H-pyrrole nitrogens is 1. The minimum Gasteiger partial charge on any atom is -0.478 e.